The Balaban J connectivity index is 1.92. The van der Waals surface area contributed by atoms with Crippen molar-refractivity contribution in [2.45, 2.75) is 47.4 Å². The Morgan fingerprint density at radius 1 is 1.17 bits per heavy atom. The fourth-order valence-corrected chi connectivity index (χ4v) is 4.25. The summed E-state index contributed by atoms with van der Waals surface area (Å²) >= 11 is 1.53. The minimum Gasteiger partial charge on any atom is -0.459 e. The van der Waals surface area contributed by atoms with Crippen molar-refractivity contribution in [3.8, 4) is 0 Å². The number of carbonyl (C=O) groups excluding carboxylic acids is 1. The van der Waals surface area contributed by atoms with Crippen molar-refractivity contribution in [3.05, 3.63) is 62.5 Å². The molecule has 3 aromatic rings. The van der Waals surface area contributed by atoms with E-state index in [1.54, 1.807) is 0 Å². The van der Waals surface area contributed by atoms with Crippen LogP contribution in [0.15, 0.2) is 35.1 Å². The summed E-state index contributed by atoms with van der Waals surface area (Å²) in [6.07, 6.45) is 0. The third kappa shape index (κ3) is 4.74. The first-order chi connectivity index (χ1) is 13.9. The van der Waals surface area contributed by atoms with Crippen LogP contribution in [0.5, 0.6) is 0 Å². The van der Waals surface area contributed by atoms with E-state index in [0.29, 0.717) is 17.8 Å². The third-order valence-corrected chi connectivity index (χ3v) is 6.26. The van der Waals surface area contributed by atoms with E-state index in [0.717, 1.165) is 33.9 Å². The summed E-state index contributed by atoms with van der Waals surface area (Å²) in [6, 6.07) is 9.51. The van der Waals surface area contributed by atoms with E-state index >= 15 is 0 Å². The predicted octanol–water partition coefficient (Wildman–Crippen LogP) is 3.66. The van der Waals surface area contributed by atoms with Gasteiger partial charge >= 0.3 is 5.97 Å². The van der Waals surface area contributed by atoms with Crippen molar-refractivity contribution in [2.75, 3.05) is 13.1 Å². The van der Waals surface area contributed by atoms with Gasteiger partial charge in [-0.25, -0.2) is 4.98 Å². The Morgan fingerprint density at radius 2 is 1.86 bits per heavy atom. The summed E-state index contributed by atoms with van der Waals surface area (Å²) in [5, 5.41) is 0.603. The molecule has 0 fully saturated rings. The van der Waals surface area contributed by atoms with Crippen LogP contribution in [0.1, 0.15) is 35.7 Å². The first kappa shape index (κ1) is 21.2. The van der Waals surface area contributed by atoms with Crippen molar-refractivity contribution < 1.29 is 9.53 Å². The van der Waals surface area contributed by atoms with E-state index in [2.05, 4.69) is 18.7 Å². The minimum absolute atomic E-state index is 0.139. The topological polar surface area (TPSA) is 64.4 Å². The standard InChI is InChI=1S/C22H27N3O3S/c1-5-24(6-2)12-18-23-21-20(15(3)16(4)29-21)22(27)25(18)13-19(26)28-14-17-10-8-7-9-11-17/h7-11H,5-6,12-14H2,1-4H3. The van der Waals surface area contributed by atoms with Crippen molar-refractivity contribution in [1.82, 2.24) is 14.5 Å². The second-order valence-corrected chi connectivity index (χ2v) is 8.19. The van der Waals surface area contributed by atoms with Crippen LogP contribution in [0.25, 0.3) is 10.2 Å². The van der Waals surface area contributed by atoms with Crippen LogP contribution in [0.4, 0.5) is 0 Å². The van der Waals surface area contributed by atoms with E-state index in [-0.39, 0.29) is 18.7 Å². The van der Waals surface area contributed by atoms with Crippen LogP contribution in [0.3, 0.4) is 0 Å². The quantitative estimate of drug-likeness (QED) is 0.528. The zero-order valence-electron chi connectivity index (χ0n) is 17.4. The zero-order valence-corrected chi connectivity index (χ0v) is 18.2. The molecule has 0 bridgehead atoms. The highest BCUT2D eigenvalue weighted by molar-refractivity contribution is 7.18. The number of hydrogen-bond donors (Lipinski definition) is 0. The molecule has 29 heavy (non-hydrogen) atoms. The molecule has 0 saturated heterocycles. The van der Waals surface area contributed by atoms with Gasteiger partial charge in [-0.05, 0) is 38.1 Å². The minimum atomic E-state index is -0.442. The van der Waals surface area contributed by atoms with Crippen LogP contribution in [-0.4, -0.2) is 33.5 Å². The molecule has 0 aliphatic heterocycles. The molecule has 2 aromatic heterocycles. The summed E-state index contributed by atoms with van der Waals surface area (Å²) in [5.41, 5.74) is 1.67. The Bertz CT molecular complexity index is 1050. The maximum Gasteiger partial charge on any atom is 0.326 e. The average Bonchev–Trinajstić information content (AvgIpc) is 3.01. The lowest BCUT2D eigenvalue weighted by Gasteiger charge is -2.20. The Hall–Kier alpha value is -2.51. The summed E-state index contributed by atoms with van der Waals surface area (Å²) in [4.78, 5) is 34.5. The molecule has 0 amide bonds. The van der Waals surface area contributed by atoms with Gasteiger partial charge in [-0.3, -0.25) is 19.1 Å². The Morgan fingerprint density at radius 3 is 2.52 bits per heavy atom. The van der Waals surface area contributed by atoms with E-state index in [1.807, 2.05) is 44.2 Å². The largest absolute Gasteiger partial charge is 0.459 e. The van der Waals surface area contributed by atoms with Gasteiger partial charge in [-0.1, -0.05) is 44.2 Å². The number of nitrogens with zero attached hydrogens (tertiary/aromatic N) is 3. The van der Waals surface area contributed by atoms with Crippen LogP contribution >= 0.6 is 11.3 Å². The number of aryl methyl sites for hydroxylation is 2. The van der Waals surface area contributed by atoms with Crippen molar-refractivity contribution in [2.24, 2.45) is 0 Å². The highest BCUT2D eigenvalue weighted by Crippen LogP contribution is 2.26. The fraction of sp³-hybridized carbons (Fsp3) is 0.409. The first-order valence-corrected chi connectivity index (χ1v) is 10.7. The molecule has 154 valence electrons. The number of rotatable bonds is 8. The molecule has 0 aliphatic rings. The average molecular weight is 414 g/mol. The molecule has 0 radical (unpaired) electrons. The van der Waals surface area contributed by atoms with Gasteiger partial charge in [0.2, 0.25) is 0 Å². The molecular formula is C22H27N3O3S. The SMILES string of the molecule is CCN(CC)Cc1nc2sc(C)c(C)c2c(=O)n1CC(=O)OCc1ccccc1. The van der Waals surface area contributed by atoms with Gasteiger partial charge in [-0.15, -0.1) is 11.3 Å². The molecule has 0 atom stereocenters. The maximum atomic E-state index is 13.3. The van der Waals surface area contributed by atoms with Gasteiger partial charge in [0.1, 0.15) is 23.8 Å². The van der Waals surface area contributed by atoms with Crippen molar-refractivity contribution in [1.29, 1.82) is 0 Å². The Labute approximate surface area is 174 Å². The van der Waals surface area contributed by atoms with Crippen LogP contribution < -0.4 is 5.56 Å². The lowest BCUT2D eigenvalue weighted by Crippen LogP contribution is -2.33. The number of hydrogen-bond acceptors (Lipinski definition) is 6. The molecule has 6 nitrogen and oxygen atoms in total. The lowest BCUT2D eigenvalue weighted by atomic mass is 10.2. The van der Waals surface area contributed by atoms with Gasteiger partial charge < -0.3 is 4.74 Å². The van der Waals surface area contributed by atoms with Gasteiger partial charge in [-0.2, -0.15) is 0 Å². The van der Waals surface area contributed by atoms with E-state index in [1.165, 1.54) is 15.9 Å². The van der Waals surface area contributed by atoms with E-state index in [4.69, 9.17) is 9.72 Å². The monoisotopic (exact) mass is 413 g/mol. The fourth-order valence-electron chi connectivity index (χ4n) is 3.21. The first-order valence-electron chi connectivity index (χ1n) is 9.85. The molecule has 0 N–H and O–H groups in total. The normalized spacial score (nSPS) is 11.3. The molecule has 0 unspecified atom stereocenters. The number of carbonyl (C=O) groups is 1. The van der Waals surface area contributed by atoms with Gasteiger partial charge in [0.25, 0.3) is 5.56 Å². The lowest BCUT2D eigenvalue weighted by molar-refractivity contribution is -0.145. The smallest absolute Gasteiger partial charge is 0.326 e. The van der Waals surface area contributed by atoms with Gasteiger partial charge in [0, 0.05) is 4.88 Å². The summed E-state index contributed by atoms with van der Waals surface area (Å²) < 4.78 is 6.89. The van der Waals surface area contributed by atoms with E-state index < -0.39 is 5.97 Å². The second-order valence-electron chi connectivity index (χ2n) is 6.99. The number of aromatic nitrogens is 2. The number of benzene rings is 1. The molecule has 2 heterocycles. The number of thiophene rings is 1. The summed E-state index contributed by atoms with van der Waals surface area (Å²) in [5.74, 6) is 0.159. The molecular weight excluding hydrogens is 386 g/mol. The summed E-state index contributed by atoms with van der Waals surface area (Å²) in [7, 11) is 0. The van der Waals surface area contributed by atoms with Crippen LogP contribution in [0, 0.1) is 13.8 Å². The molecule has 3 rings (SSSR count). The van der Waals surface area contributed by atoms with Gasteiger partial charge in [0.05, 0.1) is 11.9 Å². The highest BCUT2D eigenvalue weighted by atomic mass is 32.1. The second kappa shape index (κ2) is 9.33. The number of esters is 1. The molecule has 0 aliphatic carbocycles. The van der Waals surface area contributed by atoms with Crippen LogP contribution in [0.2, 0.25) is 0 Å². The van der Waals surface area contributed by atoms with Gasteiger partial charge in [0.15, 0.2) is 0 Å². The number of fused-ring (bicyclic) bond motifs is 1. The summed E-state index contributed by atoms with van der Waals surface area (Å²) in [6.45, 7) is 10.3. The highest BCUT2D eigenvalue weighted by Gasteiger charge is 2.19. The number of ether oxygens (including phenoxy) is 1. The van der Waals surface area contributed by atoms with Crippen molar-refractivity contribution >= 4 is 27.5 Å². The molecule has 7 heteroatoms. The molecule has 0 saturated carbocycles. The third-order valence-electron chi connectivity index (χ3n) is 5.16. The maximum absolute atomic E-state index is 13.3. The van der Waals surface area contributed by atoms with Crippen molar-refractivity contribution in [3.63, 3.8) is 0 Å². The predicted molar refractivity (Wildman–Crippen MR) is 116 cm³/mol. The zero-order chi connectivity index (χ0) is 21.0. The van der Waals surface area contributed by atoms with E-state index in [9.17, 15) is 9.59 Å². The molecule has 1 aromatic carbocycles. The van der Waals surface area contributed by atoms with Crippen LogP contribution in [-0.2, 0) is 29.2 Å². The Kier molecular flexibility index (Phi) is 6.82. The molecule has 0 spiro atoms.